The first-order valence-corrected chi connectivity index (χ1v) is 11.2. The second kappa shape index (κ2) is 11.3. The van der Waals surface area contributed by atoms with Crippen molar-refractivity contribution in [3.8, 4) is 0 Å². The summed E-state index contributed by atoms with van der Waals surface area (Å²) in [5.41, 5.74) is 3.60. The lowest BCUT2D eigenvalue weighted by molar-refractivity contribution is -0.0817. The molecule has 0 radical (unpaired) electrons. The van der Waals surface area contributed by atoms with Crippen molar-refractivity contribution in [2.45, 2.75) is 44.8 Å². The Morgan fingerprint density at radius 1 is 1.00 bits per heavy atom. The van der Waals surface area contributed by atoms with Gasteiger partial charge in [-0.2, -0.15) is 0 Å². The van der Waals surface area contributed by atoms with Gasteiger partial charge in [-0.25, -0.2) is 0 Å². The number of hydrogen-bond acceptors (Lipinski definition) is 4. The first kappa shape index (κ1) is 21.8. The minimum absolute atomic E-state index is 0.119. The molecule has 2 fully saturated rings. The largest absolute Gasteiger partial charge is 0.375 e. The third-order valence-electron chi connectivity index (χ3n) is 5.91. The average Bonchev–Trinajstić information content (AvgIpc) is 3.36. The lowest BCUT2D eigenvalue weighted by Gasteiger charge is -2.37. The molecule has 0 spiro atoms. The molecule has 2 heterocycles. The summed E-state index contributed by atoms with van der Waals surface area (Å²) in [5.74, 6) is 0.909. The van der Waals surface area contributed by atoms with Crippen molar-refractivity contribution in [3.63, 3.8) is 0 Å². The van der Waals surface area contributed by atoms with Crippen LogP contribution in [-0.4, -0.2) is 56.4 Å². The standard InChI is InChI=1S/C25H33N3O3/c1-26-25(28-13-15-31-24(17-28)23-12-7-14-30-23)27-16-21-10-5-6-11-22(21)19-29-18-20-8-3-2-4-9-20/h2-6,8-11,23-24H,7,12-19H2,1H3,(H,26,27). The van der Waals surface area contributed by atoms with Gasteiger partial charge in [0.1, 0.15) is 6.10 Å². The van der Waals surface area contributed by atoms with E-state index in [1.54, 1.807) is 0 Å². The van der Waals surface area contributed by atoms with Gasteiger partial charge in [-0.05, 0) is 29.5 Å². The van der Waals surface area contributed by atoms with Crippen LogP contribution >= 0.6 is 0 Å². The number of benzene rings is 2. The van der Waals surface area contributed by atoms with E-state index in [4.69, 9.17) is 14.2 Å². The van der Waals surface area contributed by atoms with Gasteiger partial charge in [0, 0.05) is 33.3 Å². The van der Waals surface area contributed by atoms with Crippen LogP contribution < -0.4 is 5.32 Å². The van der Waals surface area contributed by atoms with E-state index in [1.165, 1.54) is 16.7 Å². The highest BCUT2D eigenvalue weighted by molar-refractivity contribution is 5.80. The maximum atomic E-state index is 5.98. The Kier molecular flexibility index (Phi) is 7.93. The summed E-state index contributed by atoms with van der Waals surface area (Å²) < 4.78 is 17.8. The molecule has 31 heavy (non-hydrogen) atoms. The molecule has 2 unspecified atom stereocenters. The van der Waals surface area contributed by atoms with Gasteiger partial charge in [-0.15, -0.1) is 0 Å². The van der Waals surface area contributed by atoms with Crippen LogP contribution in [0, 0.1) is 0 Å². The number of nitrogens with one attached hydrogen (secondary N) is 1. The molecule has 0 saturated carbocycles. The molecule has 6 heteroatoms. The Hall–Kier alpha value is -2.41. The normalized spacial score (nSPS) is 22.0. The monoisotopic (exact) mass is 423 g/mol. The highest BCUT2D eigenvalue weighted by atomic mass is 16.5. The molecule has 6 nitrogen and oxygen atoms in total. The molecule has 0 aromatic heterocycles. The van der Waals surface area contributed by atoms with Crippen LogP contribution in [0.4, 0.5) is 0 Å². The molecular formula is C25H33N3O3. The van der Waals surface area contributed by atoms with Crippen molar-refractivity contribution < 1.29 is 14.2 Å². The van der Waals surface area contributed by atoms with E-state index in [0.717, 1.165) is 38.5 Å². The zero-order valence-corrected chi connectivity index (χ0v) is 18.3. The Balaban J connectivity index is 1.31. The van der Waals surface area contributed by atoms with Crippen LogP contribution in [-0.2, 0) is 34.0 Å². The molecule has 2 atom stereocenters. The molecule has 2 aliphatic rings. The summed E-state index contributed by atoms with van der Waals surface area (Å²) in [6, 6.07) is 18.7. The molecule has 4 rings (SSSR count). The molecule has 2 aliphatic heterocycles. The number of morpholine rings is 1. The zero-order chi connectivity index (χ0) is 21.3. The molecule has 2 aromatic carbocycles. The third kappa shape index (κ3) is 6.06. The second-order valence-corrected chi connectivity index (χ2v) is 8.05. The maximum absolute atomic E-state index is 5.98. The quantitative estimate of drug-likeness (QED) is 0.547. The minimum Gasteiger partial charge on any atom is -0.375 e. The Morgan fingerprint density at radius 2 is 1.77 bits per heavy atom. The molecular weight excluding hydrogens is 390 g/mol. The average molecular weight is 424 g/mol. The lowest BCUT2D eigenvalue weighted by atomic mass is 10.1. The fraction of sp³-hybridized carbons (Fsp3) is 0.480. The fourth-order valence-corrected chi connectivity index (χ4v) is 4.22. The number of aliphatic imine (C=N–C) groups is 1. The van der Waals surface area contributed by atoms with E-state index in [2.05, 4.69) is 51.6 Å². The van der Waals surface area contributed by atoms with Crippen LogP contribution in [0.2, 0.25) is 0 Å². The Morgan fingerprint density at radius 3 is 2.55 bits per heavy atom. The van der Waals surface area contributed by atoms with Crippen molar-refractivity contribution in [1.29, 1.82) is 0 Å². The molecule has 2 aromatic rings. The molecule has 0 amide bonds. The van der Waals surface area contributed by atoms with Gasteiger partial charge in [-0.1, -0.05) is 54.6 Å². The fourth-order valence-electron chi connectivity index (χ4n) is 4.22. The van der Waals surface area contributed by atoms with Crippen molar-refractivity contribution in [3.05, 3.63) is 71.3 Å². The molecule has 166 valence electrons. The first-order chi connectivity index (χ1) is 15.3. The highest BCUT2D eigenvalue weighted by Crippen LogP contribution is 2.21. The van der Waals surface area contributed by atoms with Crippen molar-refractivity contribution in [2.75, 3.05) is 33.4 Å². The summed E-state index contributed by atoms with van der Waals surface area (Å²) in [5, 5.41) is 3.54. The Bertz CT molecular complexity index is 837. The van der Waals surface area contributed by atoms with Gasteiger partial charge >= 0.3 is 0 Å². The van der Waals surface area contributed by atoms with Crippen molar-refractivity contribution in [1.82, 2.24) is 10.2 Å². The van der Waals surface area contributed by atoms with Crippen LogP contribution in [0.25, 0.3) is 0 Å². The van der Waals surface area contributed by atoms with Gasteiger partial charge in [0.25, 0.3) is 0 Å². The van der Waals surface area contributed by atoms with Crippen LogP contribution in [0.15, 0.2) is 59.6 Å². The van der Waals surface area contributed by atoms with E-state index in [1.807, 2.05) is 25.2 Å². The van der Waals surface area contributed by atoms with Gasteiger partial charge in [0.2, 0.25) is 0 Å². The summed E-state index contributed by atoms with van der Waals surface area (Å²) in [7, 11) is 1.84. The highest BCUT2D eigenvalue weighted by Gasteiger charge is 2.32. The molecule has 1 N–H and O–H groups in total. The summed E-state index contributed by atoms with van der Waals surface area (Å²) in [4.78, 5) is 6.81. The molecule has 0 bridgehead atoms. The first-order valence-electron chi connectivity index (χ1n) is 11.2. The Labute approximate surface area is 185 Å². The van der Waals surface area contributed by atoms with Crippen molar-refractivity contribution >= 4 is 5.96 Å². The van der Waals surface area contributed by atoms with Gasteiger partial charge in [0.05, 0.1) is 25.9 Å². The lowest BCUT2D eigenvalue weighted by Crippen LogP contribution is -2.53. The van der Waals surface area contributed by atoms with Crippen LogP contribution in [0.5, 0.6) is 0 Å². The number of nitrogens with zero attached hydrogens (tertiary/aromatic N) is 2. The van der Waals surface area contributed by atoms with Gasteiger partial charge in [-0.3, -0.25) is 4.99 Å². The van der Waals surface area contributed by atoms with E-state index in [0.29, 0.717) is 26.4 Å². The predicted molar refractivity (Wildman–Crippen MR) is 122 cm³/mol. The third-order valence-corrected chi connectivity index (χ3v) is 5.91. The maximum Gasteiger partial charge on any atom is 0.194 e. The smallest absolute Gasteiger partial charge is 0.194 e. The van der Waals surface area contributed by atoms with E-state index < -0.39 is 0 Å². The molecule has 0 aliphatic carbocycles. The van der Waals surface area contributed by atoms with E-state index in [9.17, 15) is 0 Å². The number of ether oxygens (including phenoxy) is 3. The van der Waals surface area contributed by atoms with Gasteiger partial charge < -0.3 is 24.4 Å². The number of rotatable bonds is 7. The SMILES string of the molecule is CN=C(NCc1ccccc1COCc1ccccc1)N1CCOC(C2CCCO2)C1. The summed E-state index contributed by atoms with van der Waals surface area (Å²) in [6.07, 6.45) is 2.54. The number of guanidine groups is 1. The minimum atomic E-state index is 0.119. The van der Waals surface area contributed by atoms with E-state index in [-0.39, 0.29) is 12.2 Å². The van der Waals surface area contributed by atoms with Crippen LogP contribution in [0.1, 0.15) is 29.5 Å². The second-order valence-electron chi connectivity index (χ2n) is 8.05. The zero-order valence-electron chi connectivity index (χ0n) is 18.3. The molecule has 2 saturated heterocycles. The number of hydrogen-bond donors (Lipinski definition) is 1. The van der Waals surface area contributed by atoms with E-state index >= 15 is 0 Å². The summed E-state index contributed by atoms with van der Waals surface area (Å²) in [6.45, 7) is 5.11. The van der Waals surface area contributed by atoms with Crippen molar-refractivity contribution in [2.24, 2.45) is 4.99 Å². The summed E-state index contributed by atoms with van der Waals surface area (Å²) >= 11 is 0. The topological polar surface area (TPSA) is 55.3 Å². The predicted octanol–water partition coefficient (Wildman–Crippen LogP) is 3.36. The van der Waals surface area contributed by atoms with Crippen LogP contribution in [0.3, 0.4) is 0 Å². The van der Waals surface area contributed by atoms with Gasteiger partial charge in [0.15, 0.2) is 5.96 Å².